The Morgan fingerprint density at radius 1 is 0.750 bits per heavy atom. The molecule has 0 aromatic heterocycles. The van der Waals surface area contributed by atoms with Crippen molar-refractivity contribution < 1.29 is 10.2 Å². The van der Waals surface area contributed by atoms with Crippen molar-refractivity contribution in [3.8, 4) is 0 Å². The highest BCUT2D eigenvalue weighted by atomic mass is 16.3. The van der Waals surface area contributed by atoms with Crippen molar-refractivity contribution in [3.05, 3.63) is 4.91 Å². The molecule has 120 valence electrons. The van der Waals surface area contributed by atoms with E-state index in [-0.39, 0.29) is 13.2 Å². The van der Waals surface area contributed by atoms with Gasteiger partial charge in [-0.1, -0.05) is 69.9 Å². The second-order valence-corrected chi connectivity index (χ2v) is 5.84. The van der Waals surface area contributed by atoms with Crippen molar-refractivity contribution in [1.29, 1.82) is 0 Å². The Morgan fingerprint density at radius 3 is 1.60 bits per heavy atom. The van der Waals surface area contributed by atoms with E-state index in [1.807, 2.05) is 0 Å². The Labute approximate surface area is 123 Å². The van der Waals surface area contributed by atoms with Gasteiger partial charge in [0.05, 0.1) is 0 Å². The summed E-state index contributed by atoms with van der Waals surface area (Å²) in [5.74, 6) is 0. The summed E-state index contributed by atoms with van der Waals surface area (Å²) in [5, 5.41) is 21.2. The van der Waals surface area contributed by atoms with Gasteiger partial charge < -0.3 is 10.2 Å². The zero-order chi connectivity index (χ0) is 15.1. The molecule has 0 saturated carbocycles. The topological polar surface area (TPSA) is 69.9 Å². The first-order chi connectivity index (χ1) is 9.74. The molecule has 0 heterocycles. The van der Waals surface area contributed by atoms with E-state index >= 15 is 0 Å². The third-order valence-corrected chi connectivity index (χ3v) is 4.09. The van der Waals surface area contributed by atoms with E-state index in [0.29, 0.717) is 19.3 Å². The maximum atomic E-state index is 11.0. The van der Waals surface area contributed by atoms with Crippen LogP contribution in [0, 0.1) is 4.91 Å². The molecule has 0 fully saturated rings. The molecule has 0 aliphatic heterocycles. The van der Waals surface area contributed by atoms with Crippen molar-refractivity contribution in [2.24, 2.45) is 5.18 Å². The summed E-state index contributed by atoms with van der Waals surface area (Å²) in [4.78, 5) is 11.0. The number of nitroso groups, excluding NO2 is 1. The molecule has 0 saturated heterocycles. The fourth-order valence-electron chi connectivity index (χ4n) is 2.69. The van der Waals surface area contributed by atoms with E-state index in [0.717, 1.165) is 12.8 Å². The molecule has 0 unspecified atom stereocenters. The molecule has 0 spiro atoms. The summed E-state index contributed by atoms with van der Waals surface area (Å²) >= 11 is 0. The van der Waals surface area contributed by atoms with E-state index in [2.05, 4.69) is 12.1 Å². The lowest BCUT2D eigenvalue weighted by Crippen LogP contribution is -2.28. The van der Waals surface area contributed by atoms with Crippen LogP contribution in [0.5, 0.6) is 0 Å². The van der Waals surface area contributed by atoms with Gasteiger partial charge >= 0.3 is 0 Å². The minimum atomic E-state index is -0.745. The Hall–Kier alpha value is -0.480. The first kappa shape index (κ1) is 19.5. The highest BCUT2D eigenvalue weighted by molar-refractivity contribution is 4.87. The largest absolute Gasteiger partial charge is 0.396 e. The lowest BCUT2D eigenvalue weighted by molar-refractivity contribution is 0.183. The summed E-state index contributed by atoms with van der Waals surface area (Å²) in [5.41, 5.74) is -0.745. The Bertz CT molecular complexity index is 216. The molecule has 0 atom stereocenters. The molecule has 2 N–H and O–H groups in total. The Kier molecular flexibility index (Phi) is 13.2. The number of hydrogen-bond acceptors (Lipinski definition) is 4. The normalized spacial score (nSPS) is 11.8. The lowest BCUT2D eigenvalue weighted by Gasteiger charge is -2.24. The molecule has 4 nitrogen and oxygen atoms in total. The molecule has 0 aliphatic rings. The predicted octanol–water partition coefficient (Wildman–Crippen LogP) is 4.18. The van der Waals surface area contributed by atoms with E-state index in [4.69, 9.17) is 10.2 Å². The second-order valence-electron chi connectivity index (χ2n) is 5.84. The van der Waals surface area contributed by atoms with Gasteiger partial charge in [-0.25, -0.2) is 0 Å². The molecule has 0 amide bonds. The van der Waals surface area contributed by atoms with Crippen molar-refractivity contribution in [1.82, 2.24) is 0 Å². The van der Waals surface area contributed by atoms with Crippen LogP contribution in [0.25, 0.3) is 0 Å². The highest BCUT2D eigenvalue weighted by Gasteiger charge is 2.29. The van der Waals surface area contributed by atoms with Crippen LogP contribution < -0.4 is 0 Å². The van der Waals surface area contributed by atoms with Gasteiger partial charge in [-0.15, -0.1) is 0 Å². The molecule has 0 bridgehead atoms. The number of nitrogens with zero attached hydrogens (tertiary/aromatic N) is 1. The van der Waals surface area contributed by atoms with Gasteiger partial charge in [0.2, 0.25) is 0 Å². The summed E-state index contributed by atoms with van der Waals surface area (Å²) in [7, 11) is 0. The van der Waals surface area contributed by atoms with Crippen LogP contribution in [-0.4, -0.2) is 29.0 Å². The maximum absolute atomic E-state index is 11.0. The van der Waals surface area contributed by atoms with Crippen LogP contribution in [0.1, 0.15) is 84.0 Å². The smallest absolute Gasteiger partial charge is 0.107 e. The van der Waals surface area contributed by atoms with E-state index < -0.39 is 5.54 Å². The van der Waals surface area contributed by atoms with Crippen LogP contribution in [-0.2, 0) is 0 Å². The van der Waals surface area contributed by atoms with Crippen molar-refractivity contribution >= 4 is 0 Å². The van der Waals surface area contributed by atoms with E-state index in [1.54, 1.807) is 0 Å². The summed E-state index contributed by atoms with van der Waals surface area (Å²) in [6.45, 7) is 2.15. The maximum Gasteiger partial charge on any atom is 0.107 e. The van der Waals surface area contributed by atoms with Crippen LogP contribution in [0.4, 0.5) is 0 Å². The minimum absolute atomic E-state index is 0.0385. The summed E-state index contributed by atoms with van der Waals surface area (Å²) in [6.07, 6.45) is 12.6. The fraction of sp³-hybridized carbons (Fsp3) is 1.00. The Balaban J connectivity index is 3.65. The van der Waals surface area contributed by atoms with Crippen molar-refractivity contribution in [3.63, 3.8) is 0 Å². The zero-order valence-electron chi connectivity index (χ0n) is 13.1. The zero-order valence-corrected chi connectivity index (χ0v) is 13.1. The van der Waals surface area contributed by atoms with Crippen LogP contribution in [0.15, 0.2) is 5.18 Å². The molecule has 0 aromatic carbocycles. The third kappa shape index (κ3) is 9.43. The molecule has 0 radical (unpaired) electrons. The van der Waals surface area contributed by atoms with Gasteiger partial charge in [0.1, 0.15) is 5.54 Å². The number of hydrogen-bond donors (Lipinski definition) is 2. The molecule has 4 heteroatoms. The Morgan fingerprint density at radius 2 is 1.20 bits per heavy atom. The van der Waals surface area contributed by atoms with Crippen LogP contribution in [0.3, 0.4) is 0 Å². The van der Waals surface area contributed by atoms with Gasteiger partial charge in [-0.05, 0) is 19.3 Å². The first-order valence-electron chi connectivity index (χ1n) is 8.31. The number of rotatable bonds is 15. The van der Waals surface area contributed by atoms with Gasteiger partial charge in [0.25, 0.3) is 0 Å². The average molecular weight is 287 g/mol. The molecule has 0 rings (SSSR count). The average Bonchev–Trinajstić information content (AvgIpc) is 2.46. The van der Waals surface area contributed by atoms with Crippen molar-refractivity contribution in [2.75, 3.05) is 13.2 Å². The summed E-state index contributed by atoms with van der Waals surface area (Å²) in [6, 6.07) is 0. The standard InChI is InChI=1S/C16H33NO3/c1-2-3-4-5-6-7-8-9-10-11-16(17-20,12-14-18)13-15-19/h18-19H,2-15H2,1H3. The minimum Gasteiger partial charge on any atom is -0.396 e. The SMILES string of the molecule is CCCCCCCCCCCC(CCO)(CCO)N=O. The summed E-state index contributed by atoms with van der Waals surface area (Å²) < 4.78 is 0. The molecule has 20 heavy (non-hydrogen) atoms. The number of aliphatic hydroxyl groups is 2. The predicted molar refractivity (Wildman–Crippen MR) is 83.8 cm³/mol. The van der Waals surface area contributed by atoms with E-state index in [1.165, 1.54) is 44.9 Å². The van der Waals surface area contributed by atoms with Gasteiger partial charge in [-0.3, -0.25) is 0 Å². The van der Waals surface area contributed by atoms with E-state index in [9.17, 15) is 4.91 Å². The molecule has 0 aliphatic carbocycles. The van der Waals surface area contributed by atoms with Gasteiger partial charge in [0.15, 0.2) is 0 Å². The number of unbranched alkanes of at least 4 members (excludes halogenated alkanes) is 8. The second kappa shape index (κ2) is 13.5. The lowest BCUT2D eigenvalue weighted by atomic mass is 9.87. The van der Waals surface area contributed by atoms with Gasteiger partial charge in [-0.2, -0.15) is 4.91 Å². The molecule has 0 aromatic rings. The molecular weight excluding hydrogens is 254 g/mol. The van der Waals surface area contributed by atoms with Crippen molar-refractivity contribution in [2.45, 2.75) is 89.5 Å². The van der Waals surface area contributed by atoms with Gasteiger partial charge in [0, 0.05) is 13.2 Å². The quantitative estimate of drug-likeness (QED) is 0.351. The van der Waals surface area contributed by atoms with Crippen LogP contribution >= 0.6 is 0 Å². The van der Waals surface area contributed by atoms with Crippen LogP contribution in [0.2, 0.25) is 0 Å². The number of aliphatic hydroxyl groups excluding tert-OH is 2. The first-order valence-corrected chi connectivity index (χ1v) is 8.31. The monoisotopic (exact) mass is 287 g/mol. The molecular formula is C16H33NO3. The third-order valence-electron chi connectivity index (χ3n) is 4.09. The highest BCUT2D eigenvalue weighted by Crippen LogP contribution is 2.27. The fourth-order valence-corrected chi connectivity index (χ4v) is 2.69.